The van der Waals surface area contributed by atoms with Gasteiger partial charge in [0.15, 0.2) is 0 Å². The van der Waals surface area contributed by atoms with Gasteiger partial charge in [0.25, 0.3) is 0 Å². The van der Waals surface area contributed by atoms with Crippen molar-refractivity contribution in [1.82, 2.24) is 20.0 Å². The number of hydrogen-bond acceptors (Lipinski definition) is 3. The van der Waals surface area contributed by atoms with Gasteiger partial charge in [0.2, 0.25) is 0 Å². The summed E-state index contributed by atoms with van der Waals surface area (Å²) in [5, 5.41) is 7.93. The normalized spacial score (nSPS) is 14.7. The van der Waals surface area contributed by atoms with Crippen LogP contribution in [-0.2, 0) is 38.0 Å². The summed E-state index contributed by atoms with van der Waals surface area (Å²) in [5.41, 5.74) is 3.71. The molecule has 6 nitrogen and oxygen atoms in total. The fourth-order valence-corrected chi connectivity index (χ4v) is 3.48. The van der Waals surface area contributed by atoms with Crippen LogP contribution in [0.3, 0.4) is 0 Å². The molecular formula is C20H26ClFN4O2. The number of fused-ring (bicyclic) bond motifs is 1. The Hall–Kier alpha value is -2.12. The number of rotatable bonds is 6. The molecule has 2 heterocycles. The number of aryl methyl sites for hydroxylation is 1. The molecule has 0 saturated heterocycles. The first kappa shape index (κ1) is 20.6. The van der Waals surface area contributed by atoms with Crippen LogP contribution >= 0.6 is 11.6 Å². The molecule has 1 aliphatic heterocycles. The Morgan fingerprint density at radius 2 is 2.21 bits per heavy atom. The predicted octanol–water partition coefficient (Wildman–Crippen LogP) is 3.80. The number of urea groups is 1. The zero-order valence-electron chi connectivity index (χ0n) is 16.5. The van der Waals surface area contributed by atoms with E-state index in [0.717, 1.165) is 35.4 Å². The van der Waals surface area contributed by atoms with Crippen molar-refractivity contribution in [3.63, 3.8) is 0 Å². The Bertz CT molecular complexity index is 855. The average molecular weight is 409 g/mol. The largest absolute Gasteiger partial charge is 0.370 e. The topological polar surface area (TPSA) is 59.4 Å². The number of benzene rings is 1. The minimum Gasteiger partial charge on any atom is -0.370 e. The van der Waals surface area contributed by atoms with Gasteiger partial charge >= 0.3 is 6.03 Å². The number of halogens is 2. The summed E-state index contributed by atoms with van der Waals surface area (Å²) < 4.78 is 20.8. The molecule has 2 aromatic rings. The van der Waals surface area contributed by atoms with Crippen molar-refractivity contribution in [2.24, 2.45) is 7.05 Å². The molecule has 0 aliphatic carbocycles. The van der Waals surface area contributed by atoms with Crippen molar-refractivity contribution in [3.8, 4) is 0 Å². The van der Waals surface area contributed by atoms with Gasteiger partial charge in [0.1, 0.15) is 5.82 Å². The van der Waals surface area contributed by atoms with Crippen molar-refractivity contribution in [1.29, 1.82) is 0 Å². The van der Waals surface area contributed by atoms with E-state index in [1.807, 2.05) is 30.5 Å². The number of nitrogens with zero attached hydrogens (tertiary/aromatic N) is 3. The van der Waals surface area contributed by atoms with Crippen LogP contribution in [-0.4, -0.2) is 33.3 Å². The first-order valence-corrected chi connectivity index (χ1v) is 9.87. The van der Waals surface area contributed by atoms with Gasteiger partial charge in [-0.2, -0.15) is 5.10 Å². The van der Waals surface area contributed by atoms with E-state index in [1.54, 1.807) is 6.07 Å². The van der Waals surface area contributed by atoms with Crippen LogP contribution in [0.1, 0.15) is 42.8 Å². The van der Waals surface area contributed by atoms with Gasteiger partial charge in [-0.25, -0.2) is 9.18 Å². The van der Waals surface area contributed by atoms with Crippen LogP contribution in [0.2, 0.25) is 5.02 Å². The second-order valence-corrected chi connectivity index (χ2v) is 7.56. The van der Waals surface area contributed by atoms with Gasteiger partial charge in [-0.15, -0.1) is 0 Å². The molecule has 0 spiro atoms. The maximum atomic E-state index is 13.2. The van der Waals surface area contributed by atoms with E-state index in [-0.39, 0.29) is 24.5 Å². The monoisotopic (exact) mass is 408 g/mol. The first-order valence-electron chi connectivity index (χ1n) is 9.49. The van der Waals surface area contributed by atoms with Crippen LogP contribution in [0.15, 0.2) is 18.2 Å². The van der Waals surface area contributed by atoms with Gasteiger partial charge in [-0.3, -0.25) is 4.68 Å². The summed E-state index contributed by atoms with van der Waals surface area (Å²) in [5.74, 6) is -0.372. The third-order valence-corrected chi connectivity index (χ3v) is 5.46. The van der Waals surface area contributed by atoms with Crippen molar-refractivity contribution < 1.29 is 13.9 Å². The van der Waals surface area contributed by atoms with E-state index in [1.165, 1.54) is 12.1 Å². The molecule has 0 radical (unpaired) electrons. The highest BCUT2D eigenvalue weighted by Crippen LogP contribution is 2.24. The highest BCUT2D eigenvalue weighted by molar-refractivity contribution is 6.31. The van der Waals surface area contributed by atoms with Crippen LogP contribution in [0.25, 0.3) is 0 Å². The molecule has 1 atom stereocenters. The zero-order chi connectivity index (χ0) is 20.3. The number of amides is 2. The highest BCUT2D eigenvalue weighted by Gasteiger charge is 2.27. The molecule has 8 heteroatoms. The van der Waals surface area contributed by atoms with E-state index in [4.69, 9.17) is 16.3 Å². The summed E-state index contributed by atoms with van der Waals surface area (Å²) in [4.78, 5) is 14.3. The fraction of sp³-hybridized carbons (Fsp3) is 0.500. The number of carbonyl (C=O) groups is 1. The lowest BCUT2D eigenvalue weighted by molar-refractivity contribution is 0.103. The molecule has 28 heavy (non-hydrogen) atoms. The summed E-state index contributed by atoms with van der Waals surface area (Å²) in [6.45, 7) is 5.79. The van der Waals surface area contributed by atoms with E-state index < -0.39 is 0 Å². The molecule has 3 rings (SSSR count). The summed E-state index contributed by atoms with van der Waals surface area (Å²) >= 11 is 6.05. The third-order valence-electron chi connectivity index (χ3n) is 5.11. The van der Waals surface area contributed by atoms with Gasteiger partial charge in [-0.1, -0.05) is 24.6 Å². The number of hydrogen-bond donors (Lipinski definition) is 1. The highest BCUT2D eigenvalue weighted by atomic mass is 35.5. The standard InChI is InChI=1S/C20H26ClFN4O2/c1-4-13(2)23-20(27)26-8-7-19-16(10-26)18(24-25(19)3)12-28-11-14-5-6-15(22)9-17(14)21/h5-6,9,13H,4,7-8,10-12H2,1-3H3,(H,23,27)/t13-/m0/s1. The number of aromatic nitrogens is 2. The molecule has 0 unspecified atom stereocenters. The number of carbonyl (C=O) groups excluding carboxylic acids is 1. The Morgan fingerprint density at radius 3 is 2.93 bits per heavy atom. The minimum absolute atomic E-state index is 0.0474. The Balaban J connectivity index is 1.65. The van der Waals surface area contributed by atoms with E-state index in [2.05, 4.69) is 10.4 Å². The Kier molecular flexibility index (Phi) is 6.57. The molecule has 1 aliphatic rings. The van der Waals surface area contributed by atoms with Gasteiger partial charge in [-0.05, 0) is 31.0 Å². The van der Waals surface area contributed by atoms with Crippen LogP contribution < -0.4 is 5.32 Å². The molecule has 0 bridgehead atoms. The first-order chi connectivity index (χ1) is 13.4. The van der Waals surface area contributed by atoms with E-state index in [9.17, 15) is 9.18 Å². The van der Waals surface area contributed by atoms with Gasteiger partial charge in [0, 0.05) is 42.3 Å². The molecule has 1 aromatic heterocycles. The lowest BCUT2D eigenvalue weighted by Gasteiger charge is -2.29. The number of ether oxygens (including phenoxy) is 1. The van der Waals surface area contributed by atoms with E-state index >= 15 is 0 Å². The predicted molar refractivity (Wildman–Crippen MR) is 106 cm³/mol. The van der Waals surface area contributed by atoms with Crippen molar-refractivity contribution in [3.05, 3.63) is 51.6 Å². The van der Waals surface area contributed by atoms with Crippen molar-refractivity contribution >= 4 is 17.6 Å². The fourth-order valence-electron chi connectivity index (χ4n) is 3.26. The lowest BCUT2D eigenvalue weighted by atomic mass is 10.1. The van der Waals surface area contributed by atoms with Crippen molar-refractivity contribution in [2.75, 3.05) is 6.54 Å². The quantitative estimate of drug-likeness (QED) is 0.791. The van der Waals surface area contributed by atoms with Crippen molar-refractivity contribution in [2.45, 2.75) is 52.5 Å². The minimum atomic E-state index is -0.372. The molecular weight excluding hydrogens is 383 g/mol. The summed E-state index contributed by atoms with van der Waals surface area (Å²) in [7, 11) is 1.91. The molecule has 0 saturated carbocycles. The van der Waals surface area contributed by atoms with Crippen LogP contribution in [0, 0.1) is 5.82 Å². The third kappa shape index (κ3) is 4.64. The molecule has 1 aromatic carbocycles. The smallest absolute Gasteiger partial charge is 0.317 e. The zero-order valence-corrected chi connectivity index (χ0v) is 17.2. The Labute approximate surface area is 169 Å². The Morgan fingerprint density at radius 1 is 1.43 bits per heavy atom. The van der Waals surface area contributed by atoms with Crippen LogP contribution in [0.5, 0.6) is 0 Å². The van der Waals surface area contributed by atoms with E-state index in [0.29, 0.717) is 24.7 Å². The molecule has 0 fully saturated rings. The maximum absolute atomic E-state index is 13.2. The molecule has 152 valence electrons. The second kappa shape index (κ2) is 8.92. The number of nitrogens with one attached hydrogen (secondary N) is 1. The summed E-state index contributed by atoms with van der Waals surface area (Å²) in [6, 6.07) is 4.35. The lowest BCUT2D eigenvalue weighted by Crippen LogP contribution is -2.45. The second-order valence-electron chi connectivity index (χ2n) is 7.15. The maximum Gasteiger partial charge on any atom is 0.317 e. The molecule has 2 amide bonds. The molecule has 1 N–H and O–H groups in total. The summed E-state index contributed by atoms with van der Waals surface area (Å²) in [6.07, 6.45) is 1.65. The van der Waals surface area contributed by atoms with Gasteiger partial charge < -0.3 is 15.0 Å². The van der Waals surface area contributed by atoms with Gasteiger partial charge in [0.05, 0.1) is 25.5 Å². The average Bonchev–Trinajstić information content (AvgIpc) is 2.98. The van der Waals surface area contributed by atoms with Crippen LogP contribution in [0.4, 0.5) is 9.18 Å². The SMILES string of the molecule is CC[C@H](C)NC(=O)N1CCc2c(c(COCc3ccc(F)cc3Cl)nn2C)C1.